The molecule has 0 amide bonds. The number of rotatable bonds is 10. The summed E-state index contributed by atoms with van der Waals surface area (Å²) in [6.07, 6.45) is 35.7. The molecule has 4 rings (SSSR count). The molecule has 0 bridgehead atoms. The van der Waals surface area contributed by atoms with Crippen LogP contribution in [0.15, 0.2) is 30.8 Å². The summed E-state index contributed by atoms with van der Waals surface area (Å²) in [6, 6.07) is 8.27. The molecular formula is C42H70O4. The monoisotopic (exact) mass is 639 g/mol. The SMILES string of the molecule is C=Cc1ccc(OC(OC2CCCCCCCCC2)(OC2CCCCCCCCC2)C(C)(C)OC2CCCCCCCCC2)cc1. The van der Waals surface area contributed by atoms with Crippen LogP contribution in [-0.4, -0.2) is 29.9 Å². The van der Waals surface area contributed by atoms with Gasteiger partial charge in [-0.3, -0.25) is 0 Å². The molecule has 3 fully saturated rings. The van der Waals surface area contributed by atoms with Gasteiger partial charge in [0.25, 0.3) is 0 Å². The summed E-state index contributed by atoms with van der Waals surface area (Å²) < 4.78 is 29.3. The summed E-state index contributed by atoms with van der Waals surface area (Å²) in [7, 11) is 0. The Kier molecular flexibility index (Phi) is 17.0. The second-order valence-electron chi connectivity index (χ2n) is 15.3. The third-order valence-electron chi connectivity index (χ3n) is 10.9. The van der Waals surface area contributed by atoms with Crippen molar-refractivity contribution < 1.29 is 18.9 Å². The average molecular weight is 639 g/mol. The number of hydrogen-bond donors (Lipinski definition) is 0. The normalized spacial score (nSPS) is 22.5. The highest BCUT2D eigenvalue weighted by molar-refractivity contribution is 5.48. The fraction of sp³-hybridized carbons (Fsp3) is 0.810. The summed E-state index contributed by atoms with van der Waals surface area (Å²) in [5.41, 5.74) is 0.264. The van der Waals surface area contributed by atoms with Gasteiger partial charge in [0.2, 0.25) is 0 Å². The number of ether oxygens (including phenoxy) is 4. The average Bonchev–Trinajstić information content (AvgIpc) is 3.06. The first-order valence-electron chi connectivity index (χ1n) is 19.9. The highest BCUT2D eigenvalue weighted by Crippen LogP contribution is 2.41. The Hall–Kier alpha value is -1.36. The van der Waals surface area contributed by atoms with Crippen molar-refractivity contribution in [3.63, 3.8) is 0 Å². The molecule has 46 heavy (non-hydrogen) atoms. The van der Waals surface area contributed by atoms with Crippen LogP contribution in [0.3, 0.4) is 0 Å². The van der Waals surface area contributed by atoms with E-state index in [1.54, 1.807) is 0 Å². The maximum absolute atomic E-state index is 7.42. The molecule has 0 aromatic heterocycles. The molecule has 1 aromatic rings. The van der Waals surface area contributed by atoms with Gasteiger partial charge in [0, 0.05) is 0 Å². The van der Waals surface area contributed by atoms with Crippen molar-refractivity contribution in [2.45, 2.75) is 217 Å². The van der Waals surface area contributed by atoms with Crippen LogP contribution in [-0.2, 0) is 14.2 Å². The molecule has 4 nitrogen and oxygen atoms in total. The molecule has 0 aliphatic heterocycles. The van der Waals surface area contributed by atoms with Crippen LogP contribution in [0.5, 0.6) is 5.75 Å². The molecule has 0 N–H and O–H groups in total. The lowest BCUT2D eigenvalue weighted by molar-refractivity contribution is -0.438. The van der Waals surface area contributed by atoms with Gasteiger partial charge in [-0.25, -0.2) is 0 Å². The number of benzene rings is 1. The highest BCUT2D eigenvalue weighted by atomic mass is 16.9. The molecule has 0 atom stereocenters. The smallest absolute Gasteiger partial charge is 0.357 e. The maximum Gasteiger partial charge on any atom is 0.357 e. The minimum absolute atomic E-state index is 0.0806. The molecule has 4 heteroatoms. The minimum Gasteiger partial charge on any atom is -0.437 e. The molecule has 0 unspecified atom stereocenters. The van der Waals surface area contributed by atoms with Crippen LogP contribution in [0.4, 0.5) is 0 Å². The van der Waals surface area contributed by atoms with Crippen molar-refractivity contribution in [3.05, 3.63) is 36.4 Å². The standard InChI is InChI=1S/C42H70O4/c1-4-36-32-34-40(35-33-36)46-42(44-38-28-22-16-10-6-11-17-23-29-38,45-39-30-24-18-12-7-13-19-25-31-39)41(2,3)43-37-26-20-14-8-5-9-15-21-27-37/h4,32-35,37-39H,1,5-31H2,2-3H3. The highest BCUT2D eigenvalue weighted by Gasteiger charge is 2.55. The van der Waals surface area contributed by atoms with Gasteiger partial charge in [0.1, 0.15) is 5.75 Å². The zero-order valence-corrected chi connectivity index (χ0v) is 30.1. The quantitative estimate of drug-likeness (QED) is 0.239. The van der Waals surface area contributed by atoms with E-state index in [4.69, 9.17) is 18.9 Å². The van der Waals surface area contributed by atoms with Gasteiger partial charge in [-0.15, -0.1) is 0 Å². The van der Waals surface area contributed by atoms with E-state index >= 15 is 0 Å². The largest absolute Gasteiger partial charge is 0.437 e. The van der Waals surface area contributed by atoms with Crippen molar-refractivity contribution in [1.29, 1.82) is 0 Å². The van der Waals surface area contributed by atoms with Crippen molar-refractivity contribution in [1.82, 2.24) is 0 Å². The predicted molar refractivity (Wildman–Crippen MR) is 193 cm³/mol. The van der Waals surface area contributed by atoms with Gasteiger partial charge in [-0.2, -0.15) is 0 Å². The Morgan fingerprint density at radius 2 is 0.783 bits per heavy atom. The summed E-state index contributed by atoms with van der Waals surface area (Å²) in [6.45, 7) is 8.37. The van der Waals surface area contributed by atoms with E-state index in [9.17, 15) is 0 Å². The first kappa shape index (κ1) is 37.5. The topological polar surface area (TPSA) is 36.9 Å². The Bertz CT molecular complexity index is 881. The summed E-state index contributed by atoms with van der Waals surface area (Å²) in [5, 5.41) is 0. The van der Waals surface area contributed by atoms with Gasteiger partial charge < -0.3 is 18.9 Å². The van der Waals surface area contributed by atoms with Crippen molar-refractivity contribution in [2.24, 2.45) is 0 Å². The van der Waals surface area contributed by atoms with E-state index in [0.29, 0.717) is 0 Å². The lowest BCUT2D eigenvalue weighted by atomic mass is 9.96. The molecule has 0 saturated heterocycles. The van der Waals surface area contributed by atoms with Gasteiger partial charge in [0.05, 0.1) is 18.3 Å². The van der Waals surface area contributed by atoms with Crippen molar-refractivity contribution in [2.75, 3.05) is 0 Å². The first-order valence-corrected chi connectivity index (χ1v) is 19.9. The zero-order valence-electron chi connectivity index (χ0n) is 30.1. The van der Waals surface area contributed by atoms with Crippen LogP contribution >= 0.6 is 0 Å². The van der Waals surface area contributed by atoms with Crippen LogP contribution in [0, 0.1) is 0 Å². The van der Waals surface area contributed by atoms with Gasteiger partial charge in [-0.1, -0.05) is 160 Å². The molecule has 3 saturated carbocycles. The Balaban J connectivity index is 1.69. The summed E-state index contributed by atoms with van der Waals surface area (Å²) >= 11 is 0. The van der Waals surface area contributed by atoms with Crippen molar-refractivity contribution in [3.8, 4) is 5.75 Å². The third kappa shape index (κ3) is 12.9. The van der Waals surface area contributed by atoms with E-state index in [0.717, 1.165) is 49.8 Å². The summed E-state index contributed by atoms with van der Waals surface area (Å²) in [4.78, 5) is 0. The van der Waals surface area contributed by atoms with E-state index in [1.807, 2.05) is 6.08 Å². The molecule has 0 spiro atoms. The minimum atomic E-state index is -1.35. The molecule has 262 valence electrons. The molecule has 3 aliphatic rings. The molecule has 3 aliphatic carbocycles. The van der Waals surface area contributed by atoms with Gasteiger partial charge in [0.15, 0.2) is 5.60 Å². The maximum atomic E-state index is 7.42. The zero-order chi connectivity index (χ0) is 32.3. The van der Waals surface area contributed by atoms with E-state index in [1.165, 1.54) is 135 Å². The predicted octanol–water partition coefficient (Wildman–Crippen LogP) is 12.9. The van der Waals surface area contributed by atoms with Gasteiger partial charge in [-0.05, 0) is 70.1 Å². The lowest BCUT2D eigenvalue weighted by Crippen LogP contribution is -2.63. The molecule has 0 heterocycles. The van der Waals surface area contributed by atoms with E-state index < -0.39 is 11.6 Å². The van der Waals surface area contributed by atoms with Gasteiger partial charge >= 0.3 is 5.97 Å². The Morgan fingerprint density at radius 3 is 1.11 bits per heavy atom. The molecular weight excluding hydrogens is 568 g/mol. The summed E-state index contributed by atoms with van der Waals surface area (Å²) in [5.74, 6) is -0.574. The van der Waals surface area contributed by atoms with E-state index in [2.05, 4.69) is 44.7 Å². The lowest BCUT2D eigenvalue weighted by Gasteiger charge is -2.48. The van der Waals surface area contributed by atoms with Crippen LogP contribution in [0.25, 0.3) is 6.08 Å². The fourth-order valence-corrected chi connectivity index (χ4v) is 7.91. The Labute approximate surface area is 283 Å². The van der Waals surface area contributed by atoms with E-state index in [-0.39, 0.29) is 18.3 Å². The number of hydrogen-bond acceptors (Lipinski definition) is 4. The second kappa shape index (κ2) is 20.9. The Morgan fingerprint density at radius 1 is 0.478 bits per heavy atom. The van der Waals surface area contributed by atoms with Crippen LogP contribution in [0.1, 0.15) is 193 Å². The third-order valence-corrected chi connectivity index (χ3v) is 10.9. The second-order valence-corrected chi connectivity index (χ2v) is 15.3. The first-order chi connectivity index (χ1) is 22.5. The van der Waals surface area contributed by atoms with Crippen LogP contribution < -0.4 is 4.74 Å². The van der Waals surface area contributed by atoms with Crippen molar-refractivity contribution >= 4 is 6.08 Å². The fourth-order valence-electron chi connectivity index (χ4n) is 7.91. The van der Waals surface area contributed by atoms with Crippen LogP contribution in [0.2, 0.25) is 0 Å². The molecule has 0 radical (unpaired) electrons. The molecule has 1 aromatic carbocycles.